The van der Waals surface area contributed by atoms with Gasteiger partial charge >= 0.3 is 0 Å². The number of carbonyl (C=O) groups excluding carboxylic acids is 1. The van der Waals surface area contributed by atoms with Crippen molar-refractivity contribution >= 4 is 39.2 Å². The standard InChI is InChI=1S/C32H71NO5Si4/c1-15-24-31(37-41(9,10)11)32(38-42(12,13)14)26-23-21-19-17-16-18-20-22-25-30(36-40(6,7)8)29(33-28(2)34)27-35-39(3,4)5/h22,25,29-32H,15-21,23-24,26-27H2,1-14H3,(H,33,34)/b25-22+. The fourth-order valence-corrected chi connectivity index (χ4v) is 8.96. The minimum Gasteiger partial charge on any atom is -0.415 e. The molecule has 1 amide bonds. The zero-order valence-electron chi connectivity index (χ0n) is 30.3. The van der Waals surface area contributed by atoms with Crippen LogP contribution in [0.5, 0.6) is 0 Å². The second kappa shape index (κ2) is 20.1. The fourth-order valence-electron chi connectivity index (χ4n) is 4.86. The van der Waals surface area contributed by atoms with Crippen molar-refractivity contribution in [2.45, 2.75) is 181 Å². The second-order valence-corrected chi connectivity index (χ2v) is 33.8. The Balaban J connectivity index is 4.80. The number of hydrogen-bond acceptors (Lipinski definition) is 5. The number of carbonyl (C=O) groups is 1. The third-order valence-corrected chi connectivity index (χ3v) is 10.4. The van der Waals surface area contributed by atoms with Crippen molar-refractivity contribution in [3.8, 4) is 0 Å². The van der Waals surface area contributed by atoms with Crippen LogP contribution in [-0.2, 0) is 22.5 Å². The van der Waals surface area contributed by atoms with Gasteiger partial charge < -0.3 is 23.0 Å². The van der Waals surface area contributed by atoms with Gasteiger partial charge in [0, 0.05) is 6.92 Å². The smallest absolute Gasteiger partial charge is 0.217 e. The molecule has 10 heteroatoms. The van der Waals surface area contributed by atoms with Crippen molar-refractivity contribution < 1.29 is 22.5 Å². The highest BCUT2D eigenvalue weighted by atomic mass is 28.4. The summed E-state index contributed by atoms with van der Waals surface area (Å²) in [6, 6.07) is -0.168. The van der Waals surface area contributed by atoms with Gasteiger partial charge in [-0.25, -0.2) is 0 Å². The first-order valence-electron chi connectivity index (χ1n) is 16.7. The lowest BCUT2D eigenvalue weighted by Gasteiger charge is -2.36. The SMILES string of the molecule is CCCC(O[Si](C)(C)C)C(CCCCCCCC/C=C/C(O[Si](C)(C)C)C(CO[Si](C)(C)C)NC(C)=O)O[Si](C)(C)C. The number of allylic oxidation sites excluding steroid dienone is 1. The number of amides is 1. The summed E-state index contributed by atoms with van der Waals surface area (Å²) in [6.07, 6.45) is 16.5. The quantitative estimate of drug-likeness (QED) is 0.0634. The Bertz CT molecular complexity index is 754. The van der Waals surface area contributed by atoms with Gasteiger partial charge in [-0.2, -0.15) is 0 Å². The van der Waals surface area contributed by atoms with Gasteiger partial charge in [-0.1, -0.05) is 57.6 Å². The van der Waals surface area contributed by atoms with Crippen LogP contribution < -0.4 is 5.32 Å². The second-order valence-electron chi connectivity index (χ2n) is 15.9. The van der Waals surface area contributed by atoms with E-state index in [4.69, 9.17) is 17.7 Å². The van der Waals surface area contributed by atoms with Gasteiger partial charge in [0.25, 0.3) is 0 Å². The molecule has 0 spiro atoms. The van der Waals surface area contributed by atoms with Gasteiger partial charge in [0.05, 0.1) is 31.0 Å². The van der Waals surface area contributed by atoms with Gasteiger partial charge in [0.2, 0.25) is 5.91 Å². The highest BCUT2D eigenvalue weighted by Crippen LogP contribution is 2.25. The van der Waals surface area contributed by atoms with Crippen molar-refractivity contribution in [3.05, 3.63) is 12.2 Å². The van der Waals surface area contributed by atoms with Crippen molar-refractivity contribution in [3.63, 3.8) is 0 Å². The van der Waals surface area contributed by atoms with Gasteiger partial charge in [-0.05, 0) is 104 Å². The molecule has 0 rings (SSSR count). The van der Waals surface area contributed by atoms with E-state index in [-0.39, 0.29) is 30.3 Å². The van der Waals surface area contributed by atoms with E-state index < -0.39 is 33.3 Å². The maximum Gasteiger partial charge on any atom is 0.217 e. The van der Waals surface area contributed by atoms with Crippen LogP contribution in [0.3, 0.4) is 0 Å². The first kappa shape index (κ1) is 41.9. The molecule has 0 bridgehead atoms. The highest BCUT2D eigenvalue weighted by Gasteiger charge is 2.32. The molecule has 42 heavy (non-hydrogen) atoms. The molecule has 6 nitrogen and oxygen atoms in total. The Morgan fingerprint density at radius 1 is 0.667 bits per heavy atom. The molecule has 4 atom stereocenters. The van der Waals surface area contributed by atoms with E-state index in [0.717, 1.165) is 25.7 Å². The van der Waals surface area contributed by atoms with E-state index in [2.05, 4.69) is 103 Å². The Morgan fingerprint density at radius 3 is 1.60 bits per heavy atom. The number of unbranched alkanes of at least 4 members (excludes halogenated alkanes) is 6. The summed E-state index contributed by atoms with van der Waals surface area (Å²) in [4.78, 5) is 12.0. The van der Waals surface area contributed by atoms with E-state index in [9.17, 15) is 4.79 Å². The molecule has 1 N–H and O–H groups in total. The summed E-state index contributed by atoms with van der Waals surface area (Å²) >= 11 is 0. The summed E-state index contributed by atoms with van der Waals surface area (Å²) in [5.41, 5.74) is 0. The fraction of sp³-hybridized carbons (Fsp3) is 0.906. The third kappa shape index (κ3) is 25.3. The lowest BCUT2D eigenvalue weighted by Crippen LogP contribution is -2.50. The molecule has 0 aromatic rings. The predicted octanol–water partition coefficient (Wildman–Crippen LogP) is 9.48. The molecule has 0 radical (unpaired) electrons. The average molecular weight is 662 g/mol. The van der Waals surface area contributed by atoms with E-state index in [1.807, 2.05) is 0 Å². The topological polar surface area (TPSA) is 66.0 Å². The summed E-state index contributed by atoms with van der Waals surface area (Å²) in [7, 11) is -6.76. The van der Waals surface area contributed by atoms with Gasteiger partial charge in [-0.15, -0.1) is 0 Å². The van der Waals surface area contributed by atoms with Crippen LogP contribution in [0.15, 0.2) is 12.2 Å². The summed E-state index contributed by atoms with van der Waals surface area (Å²) in [6.45, 7) is 31.2. The summed E-state index contributed by atoms with van der Waals surface area (Å²) in [5, 5.41) is 3.09. The first-order chi connectivity index (χ1) is 19.1. The Labute approximate surface area is 266 Å². The molecule has 0 saturated carbocycles. The zero-order valence-corrected chi connectivity index (χ0v) is 34.3. The molecule has 0 aromatic carbocycles. The third-order valence-electron chi connectivity index (χ3n) is 6.40. The van der Waals surface area contributed by atoms with Gasteiger partial charge in [-0.3, -0.25) is 4.79 Å². The molecule has 0 aliphatic rings. The van der Waals surface area contributed by atoms with Crippen LogP contribution in [0.1, 0.15) is 78.1 Å². The number of rotatable bonds is 24. The lowest BCUT2D eigenvalue weighted by molar-refractivity contribution is -0.120. The van der Waals surface area contributed by atoms with Gasteiger partial charge in [0.1, 0.15) is 0 Å². The molecule has 0 fully saturated rings. The Hall–Kier alpha value is -0.0825. The Kier molecular flexibility index (Phi) is 20.1. The van der Waals surface area contributed by atoms with E-state index in [1.165, 1.54) is 38.5 Å². The van der Waals surface area contributed by atoms with Crippen molar-refractivity contribution in [2.75, 3.05) is 6.61 Å². The van der Waals surface area contributed by atoms with Crippen LogP contribution in [0, 0.1) is 0 Å². The zero-order chi connectivity index (χ0) is 32.6. The van der Waals surface area contributed by atoms with E-state index in [1.54, 1.807) is 6.92 Å². The first-order valence-corrected chi connectivity index (χ1v) is 30.4. The van der Waals surface area contributed by atoms with Crippen LogP contribution in [0.4, 0.5) is 0 Å². The molecule has 0 aliphatic heterocycles. The monoisotopic (exact) mass is 661 g/mol. The summed E-state index contributed by atoms with van der Waals surface area (Å²) in [5.74, 6) is -0.0421. The van der Waals surface area contributed by atoms with E-state index >= 15 is 0 Å². The van der Waals surface area contributed by atoms with E-state index in [0.29, 0.717) is 6.61 Å². The highest BCUT2D eigenvalue weighted by molar-refractivity contribution is 6.70. The van der Waals surface area contributed by atoms with Crippen molar-refractivity contribution in [1.82, 2.24) is 5.32 Å². The molecule has 0 aliphatic carbocycles. The molecule has 4 unspecified atom stereocenters. The number of hydrogen-bond donors (Lipinski definition) is 1. The van der Waals surface area contributed by atoms with Crippen LogP contribution in [-0.4, -0.2) is 70.1 Å². The van der Waals surface area contributed by atoms with Crippen LogP contribution >= 0.6 is 0 Å². The minimum atomic E-state index is -1.81. The lowest BCUT2D eigenvalue weighted by atomic mass is 10.0. The van der Waals surface area contributed by atoms with Crippen LogP contribution in [0.25, 0.3) is 0 Å². The van der Waals surface area contributed by atoms with Crippen LogP contribution in [0.2, 0.25) is 78.6 Å². The molecular weight excluding hydrogens is 591 g/mol. The molecule has 0 heterocycles. The molecule has 0 saturated heterocycles. The molecular formula is C32H71NO5Si4. The largest absolute Gasteiger partial charge is 0.415 e. The normalized spacial score (nSPS) is 16.4. The maximum absolute atomic E-state index is 12.0. The van der Waals surface area contributed by atoms with Crippen molar-refractivity contribution in [1.29, 1.82) is 0 Å². The van der Waals surface area contributed by atoms with Gasteiger partial charge in [0.15, 0.2) is 33.3 Å². The maximum atomic E-state index is 12.0. The molecule has 0 aromatic heterocycles. The minimum absolute atomic E-state index is 0.0421. The predicted molar refractivity (Wildman–Crippen MR) is 193 cm³/mol. The molecule has 250 valence electrons. The Morgan fingerprint density at radius 2 is 1.14 bits per heavy atom. The number of nitrogens with one attached hydrogen (secondary N) is 1. The average Bonchev–Trinajstić information content (AvgIpc) is 2.78. The summed E-state index contributed by atoms with van der Waals surface area (Å²) < 4.78 is 26.0. The van der Waals surface area contributed by atoms with Crippen molar-refractivity contribution in [2.24, 2.45) is 0 Å².